The van der Waals surface area contributed by atoms with E-state index >= 15 is 0 Å². The van der Waals surface area contributed by atoms with Gasteiger partial charge in [0.25, 0.3) is 0 Å². The molecule has 1 unspecified atom stereocenters. The van der Waals surface area contributed by atoms with E-state index in [0.717, 1.165) is 20.6 Å². The van der Waals surface area contributed by atoms with E-state index < -0.39 is 0 Å². The van der Waals surface area contributed by atoms with Crippen LogP contribution < -0.4 is 5.73 Å². The molecule has 0 radical (unpaired) electrons. The van der Waals surface area contributed by atoms with E-state index in [4.69, 9.17) is 5.73 Å². The first-order chi connectivity index (χ1) is 6.66. The Morgan fingerprint density at radius 1 is 1.50 bits per heavy atom. The third-order valence-corrected chi connectivity index (χ3v) is 6.00. The van der Waals surface area contributed by atoms with E-state index in [-0.39, 0.29) is 6.04 Å². The molecule has 2 N–H and O–H groups in total. The lowest BCUT2D eigenvalue weighted by Crippen LogP contribution is -2.08. The predicted molar refractivity (Wildman–Crippen MR) is 68.6 cm³/mol. The summed E-state index contributed by atoms with van der Waals surface area (Å²) in [6, 6.07) is 2.36. The Balaban J connectivity index is 1.91. The van der Waals surface area contributed by atoms with Gasteiger partial charge in [0.2, 0.25) is 0 Å². The van der Waals surface area contributed by atoms with Crippen molar-refractivity contribution in [2.45, 2.75) is 31.7 Å². The molecule has 1 nitrogen and oxygen atoms in total. The van der Waals surface area contributed by atoms with Gasteiger partial charge in [-0.1, -0.05) is 12.8 Å². The molecular formula is C10H13Br2NS. The number of hydrogen-bond acceptors (Lipinski definition) is 2. The summed E-state index contributed by atoms with van der Waals surface area (Å²) in [6.07, 6.45) is 5.27. The molecule has 0 spiro atoms. The van der Waals surface area contributed by atoms with Crippen LogP contribution in [0, 0.1) is 5.92 Å². The van der Waals surface area contributed by atoms with E-state index in [1.54, 1.807) is 11.3 Å². The van der Waals surface area contributed by atoms with Crippen LogP contribution in [0.15, 0.2) is 14.3 Å². The van der Waals surface area contributed by atoms with Gasteiger partial charge in [-0.2, -0.15) is 0 Å². The van der Waals surface area contributed by atoms with E-state index in [9.17, 15) is 0 Å². The normalized spacial score (nSPS) is 18.5. The number of halogens is 2. The summed E-state index contributed by atoms with van der Waals surface area (Å²) in [5.74, 6) is 0.980. The molecule has 0 amide bonds. The average Bonchev–Trinajstić information content (AvgIpc) is 2.91. The highest BCUT2D eigenvalue weighted by atomic mass is 79.9. The highest BCUT2D eigenvalue weighted by Gasteiger charge is 2.22. The minimum Gasteiger partial charge on any atom is -0.323 e. The smallest absolute Gasteiger partial charge is 0.0843 e. The van der Waals surface area contributed by atoms with Crippen LogP contribution in [-0.4, -0.2) is 0 Å². The molecular weight excluding hydrogens is 326 g/mol. The SMILES string of the molecule is NC(CCC1CC1)c1cc(Br)c(Br)s1. The molecule has 0 aromatic carbocycles. The number of thiophene rings is 1. The molecule has 1 aliphatic carbocycles. The third-order valence-electron chi connectivity index (χ3n) is 2.61. The topological polar surface area (TPSA) is 26.0 Å². The molecule has 1 heterocycles. The Labute approximate surface area is 105 Å². The lowest BCUT2D eigenvalue weighted by atomic mass is 10.1. The van der Waals surface area contributed by atoms with Crippen molar-refractivity contribution in [3.8, 4) is 0 Å². The Bertz CT molecular complexity index is 300. The maximum Gasteiger partial charge on any atom is 0.0843 e. The maximum atomic E-state index is 6.12. The van der Waals surface area contributed by atoms with E-state index in [1.165, 1.54) is 24.1 Å². The number of nitrogens with two attached hydrogens (primary N) is 1. The Hall–Kier alpha value is 0.620. The highest BCUT2D eigenvalue weighted by molar-refractivity contribution is 9.13. The molecule has 1 fully saturated rings. The molecule has 0 aliphatic heterocycles. The van der Waals surface area contributed by atoms with Gasteiger partial charge >= 0.3 is 0 Å². The van der Waals surface area contributed by atoms with Crippen molar-refractivity contribution in [3.63, 3.8) is 0 Å². The van der Waals surface area contributed by atoms with Crippen LogP contribution in [0.2, 0.25) is 0 Å². The first-order valence-corrected chi connectivity index (χ1v) is 7.27. The summed E-state index contributed by atoms with van der Waals surface area (Å²) in [4.78, 5) is 1.28. The highest BCUT2D eigenvalue weighted by Crippen LogP contribution is 2.39. The third kappa shape index (κ3) is 2.81. The van der Waals surface area contributed by atoms with Crippen molar-refractivity contribution < 1.29 is 0 Å². The van der Waals surface area contributed by atoms with Crippen molar-refractivity contribution >= 4 is 43.2 Å². The van der Waals surface area contributed by atoms with Crippen molar-refractivity contribution in [2.24, 2.45) is 11.7 Å². The van der Waals surface area contributed by atoms with Gasteiger partial charge in [0.15, 0.2) is 0 Å². The largest absolute Gasteiger partial charge is 0.323 e. The molecule has 0 saturated heterocycles. The fraction of sp³-hybridized carbons (Fsp3) is 0.600. The minimum absolute atomic E-state index is 0.225. The van der Waals surface area contributed by atoms with Gasteiger partial charge in [-0.25, -0.2) is 0 Å². The molecule has 4 heteroatoms. The first kappa shape index (κ1) is 11.1. The summed E-state index contributed by atoms with van der Waals surface area (Å²) in [6.45, 7) is 0. The average molecular weight is 339 g/mol. The lowest BCUT2D eigenvalue weighted by Gasteiger charge is -2.07. The van der Waals surface area contributed by atoms with Crippen molar-refractivity contribution in [2.75, 3.05) is 0 Å². The molecule has 1 atom stereocenters. The van der Waals surface area contributed by atoms with Crippen LogP contribution >= 0.6 is 43.2 Å². The van der Waals surface area contributed by atoms with Crippen LogP contribution in [0.3, 0.4) is 0 Å². The number of hydrogen-bond donors (Lipinski definition) is 1. The summed E-state index contributed by atoms with van der Waals surface area (Å²) < 4.78 is 2.27. The second kappa shape index (κ2) is 4.64. The molecule has 14 heavy (non-hydrogen) atoms. The van der Waals surface area contributed by atoms with E-state index in [2.05, 4.69) is 37.9 Å². The van der Waals surface area contributed by atoms with Crippen LogP contribution in [0.5, 0.6) is 0 Å². The summed E-state index contributed by atoms with van der Waals surface area (Å²) >= 11 is 8.72. The summed E-state index contributed by atoms with van der Waals surface area (Å²) in [7, 11) is 0. The molecule has 1 aromatic rings. The fourth-order valence-corrected chi connectivity index (χ4v) is 3.64. The van der Waals surface area contributed by atoms with Crippen molar-refractivity contribution in [1.29, 1.82) is 0 Å². The summed E-state index contributed by atoms with van der Waals surface area (Å²) in [5.41, 5.74) is 6.12. The zero-order chi connectivity index (χ0) is 10.1. The van der Waals surface area contributed by atoms with Gasteiger partial charge in [0, 0.05) is 15.4 Å². The van der Waals surface area contributed by atoms with Gasteiger partial charge in [0.05, 0.1) is 3.79 Å². The van der Waals surface area contributed by atoms with Gasteiger partial charge in [0.1, 0.15) is 0 Å². The Kier molecular flexibility index (Phi) is 3.68. The van der Waals surface area contributed by atoms with Crippen LogP contribution in [0.25, 0.3) is 0 Å². The van der Waals surface area contributed by atoms with Crippen LogP contribution in [0.1, 0.15) is 36.6 Å². The zero-order valence-electron chi connectivity index (χ0n) is 7.80. The minimum atomic E-state index is 0.225. The summed E-state index contributed by atoms with van der Waals surface area (Å²) in [5, 5.41) is 0. The van der Waals surface area contributed by atoms with Crippen molar-refractivity contribution in [1.82, 2.24) is 0 Å². The van der Waals surface area contributed by atoms with Gasteiger partial charge in [-0.3, -0.25) is 0 Å². The first-order valence-electron chi connectivity index (χ1n) is 4.87. The van der Waals surface area contributed by atoms with Crippen LogP contribution in [-0.2, 0) is 0 Å². The Morgan fingerprint density at radius 2 is 2.21 bits per heavy atom. The molecule has 1 saturated carbocycles. The Morgan fingerprint density at radius 3 is 2.71 bits per heavy atom. The molecule has 2 rings (SSSR count). The molecule has 78 valence electrons. The second-order valence-corrected chi connectivity index (χ2v) is 7.15. The molecule has 0 bridgehead atoms. The van der Waals surface area contributed by atoms with Gasteiger partial charge in [-0.15, -0.1) is 11.3 Å². The second-order valence-electron chi connectivity index (χ2n) is 3.90. The molecule has 1 aromatic heterocycles. The van der Waals surface area contributed by atoms with E-state index in [1.807, 2.05) is 0 Å². The predicted octanol–water partition coefficient (Wildman–Crippen LogP) is 4.46. The number of rotatable bonds is 4. The van der Waals surface area contributed by atoms with Gasteiger partial charge < -0.3 is 5.73 Å². The standard InChI is InChI=1S/C10H13Br2NS/c11-7-5-9(14-10(7)12)8(13)4-3-6-1-2-6/h5-6,8H,1-4,13H2. The lowest BCUT2D eigenvalue weighted by molar-refractivity contribution is 0.581. The van der Waals surface area contributed by atoms with Crippen LogP contribution in [0.4, 0.5) is 0 Å². The zero-order valence-corrected chi connectivity index (χ0v) is 11.8. The maximum absolute atomic E-state index is 6.12. The fourth-order valence-electron chi connectivity index (χ4n) is 1.51. The molecule has 1 aliphatic rings. The van der Waals surface area contributed by atoms with E-state index in [0.29, 0.717) is 0 Å². The van der Waals surface area contributed by atoms with Gasteiger partial charge in [-0.05, 0) is 56.7 Å². The van der Waals surface area contributed by atoms with Crippen molar-refractivity contribution in [3.05, 3.63) is 19.2 Å². The monoisotopic (exact) mass is 337 g/mol. The quantitative estimate of drug-likeness (QED) is 0.861.